The quantitative estimate of drug-likeness (QED) is 0.394. The molecule has 9 nitrogen and oxygen atoms in total. The van der Waals surface area contributed by atoms with Crippen LogP contribution in [0.4, 0.5) is 10.1 Å². The Bertz CT molecular complexity index is 1230. The summed E-state index contributed by atoms with van der Waals surface area (Å²) in [6.45, 7) is 8.95. The number of rotatable bonds is 9. The molecule has 0 aliphatic carbocycles. The summed E-state index contributed by atoms with van der Waals surface area (Å²) in [6.07, 6.45) is -0.0597. The summed E-state index contributed by atoms with van der Waals surface area (Å²) in [6, 6.07) is 4.05. The fourth-order valence-electron chi connectivity index (χ4n) is 4.97. The highest BCUT2D eigenvalue weighted by molar-refractivity contribution is 6.35. The van der Waals surface area contributed by atoms with Gasteiger partial charge in [0.05, 0.1) is 11.1 Å². The number of carbonyl (C=O) groups excluding carboxylic acids is 2. The number of likely N-dealkylation sites (N-methyl/N-ethyl adjacent to an activating group) is 1. The number of hydrogen-bond donors (Lipinski definition) is 4. The van der Waals surface area contributed by atoms with Crippen molar-refractivity contribution in [1.29, 1.82) is 0 Å². The number of aromatic amines is 1. The summed E-state index contributed by atoms with van der Waals surface area (Å²) in [5.41, 5.74) is 3.28. The fourth-order valence-corrected chi connectivity index (χ4v) is 4.97. The maximum atomic E-state index is 13.9. The van der Waals surface area contributed by atoms with Gasteiger partial charge in [0.2, 0.25) is 0 Å². The van der Waals surface area contributed by atoms with E-state index in [9.17, 15) is 29.0 Å². The minimum Gasteiger partial charge on any atom is -0.479 e. The number of anilines is 1. The van der Waals surface area contributed by atoms with Crippen LogP contribution in [0.15, 0.2) is 18.2 Å². The summed E-state index contributed by atoms with van der Waals surface area (Å²) >= 11 is 0. The molecule has 2 aliphatic rings. The number of benzene rings is 1. The van der Waals surface area contributed by atoms with E-state index in [0.29, 0.717) is 46.9 Å². The predicted octanol–water partition coefficient (Wildman–Crippen LogP) is 2.67. The van der Waals surface area contributed by atoms with Gasteiger partial charge in [-0.1, -0.05) is 13.8 Å². The molecule has 1 aromatic carbocycles. The van der Waals surface area contributed by atoms with Crippen LogP contribution in [0.1, 0.15) is 59.1 Å². The lowest BCUT2D eigenvalue weighted by Crippen LogP contribution is -2.45. The number of aliphatic carboxylic acids is 1. The van der Waals surface area contributed by atoms with Crippen molar-refractivity contribution in [2.75, 3.05) is 38.0 Å². The molecule has 1 aromatic heterocycles. The van der Waals surface area contributed by atoms with E-state index in [0.717, 1.165) is 13.1 Å². The van der Waals surface area contributed by atoms with Gasteiger partial charge in [0.25, 0.3) is 11.8 Å². The SMILES string of the molecule is CCN(CC)CCN1CC(CC(O)C(=O)O)c2[nH]c(C=C3C(=O)Nc4ccc(F)cc43)c(C)c2C1=O. The van der Waals surface area contributed by atoms with E-state index in [2.05, 4.69) is 15.2 Å². The first-order valence-electron chi connectivity index (χ1n) is 12.1. The van der Waals surface area contributed by atoms with Crippen LogP contribution in [0, 0.1) is 12.7 Å². The van der Waals surface area contributed by atoms with E-state index in [4.69, 9.17) is 0 Å². The van der Waals surface area contributed by atoms with Crippen LogP contribution in [-0.4, -0.2) is 81.6 Å². The van der Waals surface area contributed by atoms with Crippen LogP contribution < -0.4 is 5.32 Å². The molecule has 0 bridgehead atoms. The number of aliphatic hydroxyl groups is 1. The first-order chi connectivity index (χ1) is 17.1. The van der Waals surface area contributed by atoms with Crippen LogP contribution in [0.5, 0.6) is 0 Å². The molecule has 0 radical (unpaired) electrons. The lowest BCUT2D eigenvalue weighted by molar-refractivity contribution is -0.147. The van der Waals surface area contributed by atoms with E-state index < -0.39 is 23.8 Å². The third-order valence-electron chi connectivity index (χ3n) is 7.09. The number of carboxylic acids is 1. The van der Waals surface area contributed by atoms with E-state index in [1.807, 2.05) is 13.8 Å². The van der Waals surface area contributed by atoms with Crippen LogP contribution in [0.3, 0.4) is 0 Å². The van der Waals surface area contributed by atoms with Crippen molar-refractivity contribution in [1.82, 2.24) is 14.8 Å². The van der Waals surface area contributed by atoms with E-state index in [1.165, 1.54) is 18.2 Å². The molecule has 2 unspecified atom stereocenters. The molecule has 36 heavy (non-hydrogen) atoms. The second kappa shape index (κ2) is 10.2. The van der Waals surface area contributed by atoms with E-state index in [-0.39, 0.29) is 30.4 Å². The topological polar surface area (TPSA) is 126 Å². The van der Waals surface area contributed by atoms with Gasteiger partial charge in [-0.25, -0.2) is 9.18 Å². The fraction of sp³-hybridized carbons (Fsp3) is 0.423. The number of aromatic nitrogens is 1. The Labute approximate surface area is 208 Å². The van der Waals surface area contributed by atoms with Gasteiger partial charge in [-0.3, -0.25) is 9.59 Å². The largest absolute Gasteiger partial charge is 0.479 e. The molecular weight excluding hydrogens is 467 g/mol. The van der Waals surface area contributed by atoms with Crippen LogP contribution >= 0.6 is 0 Å². The van der Waals surface area contributed by atoms with E-state index >= 15 is 0 Å². The summed E-state index contributed by atoms with van der Waals surface area (Å²) in [5.74, 6) is -2.80. The van der Waals surface area contributed by atoms with Gasteiger partial charge in [0, 0.05) is 48.2 Å². The summed E-state index contributed by atoms with van der Waals surface area (Å²) in [4.78, 5) is 44.6. The molecule has 0 saturated heterocycles. The van der Waals surface area contributed by atoms with Crippen LogP contribution in [0.25, 0.3) is 11.6 Å². The number of halogens is 1. The van der Waals surface area contributed by atoms with Gasteiger partial charge in [-0.15, -0.1) is 0 Å². The Morgan fingerprint density at radius 2 is 2.03 bits per heavy atom. The number of H-pyrrole nitrogens is 1. The zero-order valence-corrected chi connectivity index (χ0v) is 20.6. The molecule has 4 rings (SSSR count). The molecule has 2 aromatic rings. The smallest absolute Gasteiger partial charge is 0.332 e. The number of hydrogen-bond acceptors (Lipinski definition) is 5. The third kappa shape index (κ3) is 4.78. The average Bonchev–Trinajstić information content (AvgIpc) is 3.33. The molecule has 192 valence electrons. The van der Waals surface area contributed by atoms with Crippen LogP contribution in [0.2, 0.25) is 0 Å². The Balaban J connectivity index is 1.73. The zero-order chi connectivity index (χ0) is 26.1. The van der Waals surface area contributed by atoms with Gasteiger partial charge < -0.3 is 30.3 Å². The van der Waals surface area contributed by atoms with Gasteiger partial charge in [0.1, 0.15) is 5.82 Å². The van der Waals surface area contributed by atoms with Gasteiger partial charge in [-0.05, 0) is 56.3 Å². The maximum Gasteiger partial charge on any atom is 0.332 e. The number of fused-ring (bicyclic) bond motifs is 2. The van der Waals surface area contributed by atoms with Gasteiger partial charge in [0.15, 0.2) is 6.10 Å². The number of carbonyl (C=O) groups is 3. The van der Waals surface area contributed by atoms with Crippen molar-refractivity contribution in [3.05, 3.63) is 52.1 Å². The Kier molecular flexibility index (Phi) is 7.28. The number of nitrogens with zero attached hydrogens (tertiary/aromatic N) is 2. The average molecular weight is 499 g/mol. The number of carboxylic acid groups (broad SMARTS) is 1. The summed E-state index contributed by atoms with van der Waals surface area (Å²) in [7, 11) is 0. The molecule has 3 heterocycles. The molecule has 0 fully saturated rings. The highest BCUT2D eigenvalue weighted by Crippen LogP contribution is 2.38. The number of amides is 2. The second-order valence-electron chi connectivity index (χ2n) is 9.22. The molecule has 10 heteroatoms. The first-order valence-corrected chi connectivity index (χ1v) is 12.1. The van der Waals surface area contributed by atoms with E-state index in [1.54, 1.807) is 17.9 Å². The molecule has 4 N–H and O–H groups in total. The lowest BCUT2D eigenvalue weighted by atomic mass is 9.89. The van der Waals surface area contributed by atoms with Crippen molar-refractivity contribution in [2.24, 2.45) is 0 Å². The summed E-state index contributed by atoms with van der Waals surface area (Å²) in [5, 5.41) is 22.1. The van der Waals surface area contributed by atoms with Gasteiger partial charge in [-0.2, -0.15) is 0 Å². The lowest BCUT2D eigenvalue weighted by Gasteiger charge is -2.34. The monoisotopic (exact) mass is 498 g/mol. The first kappa shape index (κ1) is 25.6. The summed E-state index contributed by atoms with van der Waals surface area (Å²) < 4.78 is 13.9. The van der Waals surface area contributed by atoms with Crippen molar-refractivity contribution >= 4 is 35.1 Å². The minimum atomic E-state index is -1.58. The Morgan fingerprint density at radius 1 is 1.31 bits per heavy atom. The van der Waals surface area contributed by atoms with Crippen molar-refractivity contribution < 1.29 is 29.0 Å². The Morgan fingerprint density at radius 3 is 2.69 bits per heavy atom. The Hall–Kier alpha value is -3.50. The minimum absolute atomic E-state index is 0.0676. The normalized spacial score (nSPS) is 19.0. The van der Waals surface area contributed by atoms with Crippen LogP contribution in [-0.2, 0) is 9.59 Å². The molecule has 2 atom stereocenters. The molecular formula is C26H31FN4O5. The standard InChI is InChI=1S/C26H31FN4O5/c1-4-30(5-2)8-9-31-13-15(10-21(32)26(35)36)23-22(25(31)34)14(3)20(28-23)12-18-17-11-16(27)6-7-19(17)29-24(18)33/h6-7,11-12,15,21,28,32H,4-5,8-10,13H2,1-3H3,(H,29,33)(H,35,36). The molecule has 2 aliphatic heterocycles. The zero-order valence-electron chi connectivity index (χ0n) is 20.6. The van der Waals surface area contributed by atoms with Gasteiger partial charge >= 0.3 is 5.97 Å². The highest BCUT2D eigenvalue weighted by Gasteiger charge is 2.37. The second-order valence-corrected chi connectivity index (χ2v) is 9.22. The molecule has 2 amide bonds. The van der Waals surface area contributed by atoms with Crippen molar-refractivity contribution in [2.45, 2.75) is 39.2 Å². The molecule has 0 saturated carbocycles. The van der Waals surface area contributed by atoms with Crippen molar-refractivity contribution in [3.63, 3.8) is 0 Å². The van der Waals surface area contributed by atoms with Crippen molar-refractivity contribution in [3.8, 4) is 0 Å². The number of nitrogens with one attached hydrogen (secondary N) is 2. The highest BCUT2D eigenvalue weighted by atomic mass is 19.1. The number of aliphatic hydroxyl groups excluding tert-OH is 1. The predicted molar refractivity (Wildman–Crippen MR) is 133 cm³/mol. The maximum absolute atomic E-state index is 13.9. The molecule has 0 spiro atoms. The third-order valence-corrected chi connectivity index (χ3v) is 7.09.